The van der Waals surface area contributed by atoms with E-state index in [1.54, 1.807) is 4.90 Å². The minimum Gasteiger partial charge on any atom is -0.394 e. The van der Waals surface area contributed by atoms with Crippen LogP contribution in [-0.2, 0) is 25.7 Å². The molecule has 3 heterocycles. The minimum atomic E-state index is -1.03. The van der Waals surface area contributed by atoms with Gasteiger partial charge in [-0.2, -0.15) is 0 Å². The molecule has 1 aromatic rings. The average molecular weight is 512 g/mol. The van der Waals surface area contributed by atoms with E-state index >= 15 is 0 Å². The maximum Gasteiger partial charge on any atom is 0.246 e. The van der Waals surface area contributed by atoms with Gasteiger partial charge in [0.05, 0.1) is 30.6 Å². The van der Waals surface area contributed by atoms with Crippen LogP contribution in [0.15, 0.2) is 30.3 Å². The van der Waals surface area contributed by atoms with Gasteiger partial charge >= 0.3 is 0 Å². The Balaban J connectivity index is 1.43. The first kappa shape index (κ1) is 26.2. The zero-order valence-electron chi connectivity index (χ0n) is 22.0. The van der Waals surface area contributed by atoms with Crippen molar-refractivity contribution in [2.45, 2.75) is 102 Å². The van der Waals surface area contributed by atoms with E-state index in [1.165, 1.54) is 6.42 Å². The molecule has 4 fully saturated rings. The molecule has 3 aliphatic heterocycles. The number of aliphatic hydroxyl groups excluding tert-OH is 1. The highest BCUT2D eigenvalue weighted by Crippen LogP contribution is 2.59. The summed E-state index contributed by atoms with van der Waals surface area (Å²) in [5.41, 5.74) is -0.0457. The lowest BCUT2D eigenvalue weighted by Crippen LogP contribution is -2.59. The molecule has 1 spiro atoms. The number of likely N-dealkylation sites (tertiary alicyclic amines) is 1. The normalized spacial score (nSPS) is 32.0. The van der Waals surface area contributed by atoms with Crippen molar-refractivity contribution in [2.24, 2.45) is 17.8 Å². The van der Waals surface area contributed by atoms with Gasteiger partial charge in [-0.1, -0.05) is 63.4 Å². The molecule has 6 atom stereocenters. The molecule has 1 aromatic carbocycles. The van der Waals surface area contributed by atoms with Crippen LogP contribution in [0.25, 0.3) is 0 Å². The third-order valence-corrected chi connectivity index (χ3v) is 8.90. The molecule has 8 heteroatoms. The first-order valence-electron chi connectivity index (χ1n) is 14.1. The first-order chi connectivity index (χ1) is 17.9. The van der Waals surface area contributed by atoms with E-state index in [2.05, 4.69) is 10.6 Å². The van der Waals surface area contributed by atoms with Crippen molar-refractivity contribution in [3.63, 3.8) is 0 Å². The summed E-state index contributed by atoms with van der Waals surface area (Å²) in [6.45, 7) is 4.23. The van der Waals surface area contributed by atoms with Crippen LogP contribution < -0.4 is 10.6 Å². The van der Waals surface area contributed by atoms with Crippen molar-refractivity contribution < 1.29 is 24.2 Å². The SMILES string of the molecule is CC(C)C[C@H](CO)N1C(=O)[C@@H]2[C@H](C(=O)NCc3ccccc3)[C@@H]3CCC2(O3)C1C(=O)NC1CCCCC1. The maximum atomic E-state index is 14.1. The first-order valence-corrected chi connectivity index (χ1v) is 14.1. The summed E-state index contributed by atoms with van der Waals surface area (Å²) in [4.78, 5) is 43.1. The number of aliphatic hydroxyl groups is 1. The lowest BCUT2D eigenvalue weighted by molar-refractivity contribution is -0.146. The summed E-state index contributed by atoms with van der Waals surface area (Å²) in [6.07, 6.45) is 6.62. The zero-order chi connectivity index (χ0) is 26.2. The second-order valence-corrected chi connectivity index (χ2v) is 11.8. The smallest absolute Gasteiger partial charge is 0.246 e. The summed E-state index contributed by atoms with van der Waals surface area (Å²) >= 11 is 0. The predicted octanol–water partition coefficient (Wildman–Crippen LogP) is 2.53. The van der Waals surface area contributed by atoms with Crippen molar-refractivity contribution >= 4 is 17.7 Å². The maximum absolute atomic E-state index is 14.1. The van der Waals surface area contributed by atoms with Crippen molar-refractivity contribution in [1.82, 2.24) is 15.5 Å². The summed E-state index contributed by atoms with van der Waals surface area (Å²) in [5, 5.41) is 16.6. The van der Waals surface area contributed by atoms with Gasteiger partial charge in [-0.15, -0.1) is 0 Å². The Morgan fingerprint density at radius 2 is 1.84 bits per heavy atom. The van der Waals surface area contributed by atoms with Crippen LogP contribution in [-0.4, -0.2) is 64.2 Å². The summed E-state index contributed by atoms with van der Waals surface area (Å²) in [5.74, 6) is -1.76. The molecule has 37 heavy (non-hydrogen) atoms. The Morgan fingerprint density at radius 3 is 2.51 bits per heavy atom. The predicted molar refractivity (Wildman–Crippen MR) is 138 cm³/mol. The van der Waals surface area contributed by atoms with Gasteiger partial charge in [0.15, 0.2) is 0 Å². The number of hydrogen-bond donors (Lipinski definition) is 3. The molecule has 3 saturated heterocycles. The van der Waals surface area contributed by atoms with E-state index in [-0.39, 0.29) is 42.4 Å². The molecule has 3 N–H and O–H groups in total. The number of carbonyl (C=O) groups is 3. The molecule has 3 amide bonds. The van der Waals surface area contributed by atoms with Crippen LogP contribution in [0.5, 0.6) is 0 Å². The molecule has 4 aliphatic rings. The van der Waals surface area contributed by atoms with E-state index < -0.39 is 29.5 Å². The second kappa shape index (κ2) is 10.7. The molecule has 0 radical (unpaired) electrons. The third-order valence-electron chi connectivity index (χ3n) is 8.90. The van der Waals surface area contributed by atoms with E-state index in [0.29, 0.717) is 25.8 Å². The van der Waals surface area contributed by atoms with Crippen molar-refractivity contribution in [1.29, 1.82) is 0 Å². The van der Waals surface area contributed by atoms with Gasteiger partial charge < -0.3 is 25.4 Å². The molecule has 202 valence electrons. The highest BCUT2D eigenvalue weighted by molar-refractivity contribution is 5.99. The monoisotopic (exact) mass is 511 g/mol. The van der Waals surface area contributed by atoms with Crippen molar-refractivity contribution in [3.8, 4) is 0 Å². The second-order valence-electron chi connectivity index (χ2n) is 11.8. The standard InChI is InChI=1S/C29H41N3O5/c1-18(2)15-21(17-33)32-25(27(35)31-20-11-7-4-8-12-20)29-14-13-22(37-29)23(24(29)28(32)36)26(34)30-16-19-9-5-3-6-10-19/h3,5-6,9-10,18,20-25,33H,4,7-8,11-17H2,1-2H3,(H,30,34)(H,31,35)/t21-,22+,23-,24+,25?,29?/m1/s1. The van der Waals surface area contributed by atoms with Gasteiger partial charge in [-0.25, -0.2) is 0 Å². The quantitative estimate of drug-likeness (QED) is 0.472. The van der Waals surface area contributed by atoms with Gasteiger partial charge in [-0.3, -0.25) is 14.4 Å². The summed E-state index contributed by atoms with van der Waals surface area (Å²) < 4.78 is 6.53. The zero-order valence-corrected chi connectivity index (χ0v) is 22.0. The topological polar surface area (TPSA) is 108 Å². The lowest BCUT2D eigenvalue weighted by Gasteiger charge is -2.38. The number of nitrogens with zero attached hydrogens (tertiary/aromatic N) is 1. The number of fused-ring (bicyclic) bond motifs is 1. The van der Waals surface area contributed by atoms with Gasteiger partial charge in [0.2, 0.25) is 17.7 Å². The van der Waals surface area contributed by atoms with Crippen LogP contribution >= 0.6 is 0 Å². The number of ether oxygens (including phenoxy) is 1. The Labute approximate surface area is 219 Å². The Morgan fingerprint density at radius 1 is 1.11 bits per heavy atom. The minimum absolute atomic E-state index is 0.0925. The average Bonchev–Trinajstić information content (AvgIpc) is 3.54. The molecule has 5 rings (SSSR count). The number of rotatable bonds is 9. The van der Waals surface area contributed by atoms with Crippen LogP contribution in [0.3, 0.4) is 0 Å². The van der Waals surface area contributed by atoms with Gasteiger partial charge in [-0.05, 0) is 43.6 Å². The Bertz CT molecular complexity index is 995. The Hall–Kier alpha value is -2.45. The van der Waals surface area contributed by atoms with Crippen molar-refractivity contribution in [3.05, 3.63) is 35.9 Å². The molecule has 1 saturated carbocycles. The highest BCUT2D eigenvalue weighted by Gasteiger charge is 2.75. The number of carbonyl (C=O) groups excluding carboxylic acids is 3. The van der Waals surface area contributed by atoms with Crippen molar-refractivity contribution in [2.75, 3.05) is 6.61 Å². The summed E-state index contributed by atoms with van der Waals surface area (Å²) in [6, 6.07) is 8.44. The van der Waals surface area contributed by atoms with Crippen LogP contribution in [0.4, 0.5) is 0 Å². The van der Waals surface area contributed by atoms with Crippen LogP contribution in [0.2, 0.25) is 0 Å². The fourth-order valence-electron chi connectivity index (χ4n) is 7.33. The number of benzene rings is 1. The fourth-order valence-corrected chi connectivity index (χ4v) is 7.33. The van der Waals surface area contributed by atoms with Gasteiger partial charge in [0.1, 0.15) is 11.6 Å². The van der Waals surface area contributed by atoms with E-state index in [1.807, 2.05) is 44.2 Å². The van der Waals surface area contributed by atoms with Gasteiger partial charge in [0.25, 0.3) is 0 Å². The van der Waals surface area contributed by atoms with E-state index in [4.69, 9.17) is 4.74 Å². The molecule has 0 aromatic heterocycles. The largest absolute Gasteiger partial charge is 0.394 e. The van der Waals surface area contributed by atoms with Gasteiger partial charge in [0, 0.05) is 12.6 Å². The molecular formula is C29H41N3O5. The van der Waals surface area contributed by atoms with E-state index in [9.17, 15) is 19.5 Å². The molecule has 2 bridgehead atoms. The number of nitrogens with one attached hydrogen (secondary N) is 2. The van der Waals surface area contributed by atoms with Crippen LogP contribution in [0.1, 0.15) is 70.8 Å². The molecule has 1 aliphatic carbocycles. The number of hydrogen-bond acceptors (Lipinski definition) is 5. The Kier molecular flexibility index (Phi) is 7.59. The molecular weight excluding hydrogens is 470 g/mol. The summed E-state index contributed by atoms with van der Waals surface area (Å²) in [7, 11) is 0. The molecule has 2 unspecified atom stereocenters. The lowest BCUT2D eigenvalue weighted by atomic mass is 9.70. The van der Waals surface area contributed by atoms with Crippen LogP contribution in [0, 0.1) is 17.8 Å². The third kappa shape index (κ3) is 4.78. The molecule has 8 nitrogen and oxygen atoms in total. The number of amides is 3. The highest BCUT2D eigenvalue weighted by atomic mass is 16.5. The van der Waals surface area contributed by atoms with E-state index in [0.717, 1.165) is 31.2 Å². The fraction of sp³-hybridized carbons (Fsp3) is 0.690.